The fourth-order valence-corrected chi connectivity index (χ4v) is 2.49. The highest BCUT2D eigenvalue weighted by Crippen LogP contribution is 2.17. The first-order chi connectivity index (χ1) is 7.51. The summed E-state index contributed by atoms with van der Waals surface area (Å²) in [4.78, 5) is 4.07. The summed E-state index contributed by atoms with van der Waals surface area (Å²) in [6.07, 6.45) is 2.15. The van der Waals surface area contributed by atoms with E-state index in [1.807, 2.05) is 6.92 Å². The molecular weight excluding hydrogens is 226 g/mol. The largest absolute Gasteiger partial charge is 0.373 e. The molecule has 0 unspecified atom stereocenters. The molecule has 6 heteroatoms. The molecule has 1 N–H and O–H groups in total. The molecule has 1 rings (SSSR count). The van der Waals surface area contributed by atoms with E-state index >= 15 is 0 Å². The molecular formula is C10H17N3O2S. The maximum atomic E-state index is 11.8. The van der Waals surface area contributed by atoms with Gasteiger partial charge in [0.2, 0.25) is 10.0 Å². The number of sulfonamides is 1. The van der Waals surface area contributed by atoms with Gasteiger partial charge in [-0.25, -0.2) is 13.4 Å². The van der Waals surface area contributed by atoms with Crippen molar-refractivity contribution in [1.29, 1.82) is 0 Å². The van der Waals surface area contributed by atoms with E-state index in [1.54, 1.807) is 32.4 Å². The Morgan fingerprint density at radius 3 is 2.56 bits per heavy atom. The lowest BCUT2D eigenvalue weighted by Gasteiger charge is -2.18. The van der Waals surface area contributed by atoms with Crippen LogP contribution >= 0.6 is 0 Å². The van der Waals surface area contributed by atoms with E-state index in [1.165, 1.54) is 4.31 Å². The van der Waals surface area contributed by atoms with Gasteiger partial charge in [-0.2, -0.15) is 0 Å². The Morgan fingerprint density at radius 1 is 1.44 bits per heavy atom. The molecule has 0 fully saturated rings. The molecule has 0 atom stereocenters. The third-order valence-corrected chi connectivity index (χ3v) is 4.22. The number of nitrogens with zero attached hydrogens (tertiary/aromatic N) is 2. The average Bonchev–Trinajstić information content (AvgIpc) is 2.28. The van der Waals surface area contributed by atoms with Gasteiger partial charge in [0.05, 0.1) is 17.6 Å². The normalized spacial score (nSPS) is 11.2. The van der Waals surface area contributed by atoms with Crippen LogP contribution in [-0.2, 0) is 10.0 Å². The van der Waals surface area contributed by atoms with Crippen LogP contribution < -0.4 is 9.62 Å². The molecule has 0 aliphatic heterocycles. The predicted molar refractivity (Wildman–Crippen MR) is 66.3 cm³/mol. The summed E-state index contributed by atoms with van der Waals surface area (Å²) in [5, 5.41) is 2.88. The fraction of sp³-hybridized carbons (Fsp3) is 0.500. The Kier molecular flexibility index (Phi) is 4.12. The highest BCUT2D eigenvalue weighted by molar-refractivity contribution is 7.92. The molecule has 0 spiro atoms. The van der Waals surface area contributed by atoms with E-state index in [0.29, 0.717) is 17.9 Å². The van der Waals surface area contributed by atoms with Gasteiger partial charge in [0.15, 0.2) is 0 Å². The number of nitrogens with one attached hydrogen (secondary N) is 1. The summed E-state index contributed by atoms with van der Waals surface area (Å²) >= 11 is 0. The van der Waals surface area contributed by atoms with Crippen molar-refractivity contribution in [1.82, 2.24) is 4.98 Å². The molecule has 0 saturated heterocycles. The second kappa shape index (κ2) is 5.16. The second-order valence-electron chi connectivity index (χ2n) is 3.44. The Labute approximate surface area is 96.5 Å². The monoisotopic (exact) mass is 243 g/mol. The zero-order valence-electron chi connectivity index (χ0n) is 9.77. The highest BCUT2D eigenvalue weighted by Gasteiger charge is 2.17. The van der Waals surface area contributed by atoms with Crippen LogP contribution in [0.25, 0.3) is 0 Å². The molecule has 90 valence electrons. The van der Waals surface area contributed by atoms with Crippen LogP contribution in [0.15, 0.2) is 18.3 Å². The van der Waals surface area contributed by atoms with Gasteiger partial charge in [0.1, 0.15) is 5.82 Å². The van der Waals surface area contributed by atoms with Crippen LogP contribution in [0.1, 0.15) is 13.3 Å². The van der Waals surface area contributed by atoms with Gasteiger partial charge in [-0.15, -0.1) is 0 Å². The maximum Gasteiger partial charge on any atom is 0.234 e. The van der Waals surface area contributed by atoms with Crippen LogP contribution in [-0.4, -0.2) is 33.2 Å². The number of hydrogen-bond donors (Lipinski definition) is 1. The summed E-state index contributed by atoms with van der Waals surface area (Å²) in [6.45, 7) is 1.84. The maximum absolute atomic E-state index is 11.8. The number of pyridine rings is 1. The Morgan fingerprint density at radius 2 is 2.12 bits per heavy atom. The van der Waals surface area contributed by atoms with Crippen molar-refractivity contribution in [2.75, 3.05) is 29.5 Å². The van der Waals surface area contributed by atoms with Crippen LogP contribution in [0.5, 0.6) is 0 Å². The van der Waals surface area contributed by atoms with E-state index in [9.17, 15) is 8.42 Å². The average molecular weight is 243 g/mol. The van der Waals surface area contributed by atoms with Gasteiger partial charge >= 0.3 is 0 Å². The van der Waals surface area contributed by atoms with Crippen molar-refractivity contribution in [3.63, 3.8) is 0 Å². The summed E-state index contributed by atoms with van der Waals surface area (Å²) in [5.41, 5.74) is 0.576. The third-order valence-electron chi connectivity index (χ3n) is 2.25. The van der Waals surface area contributed by atoms with Gasteiger partial charge in [0, 0.05) is 14.1 Å². The summed E-state index contributed by atoms with van der Waals surface area (Å²) < 4.78 is 24.8. The van der Waals surface area contributed by atoms with Crippen LogP contribution in [0.4, 0.5) is 11.5 Å². The number of hydrogen-bond acceptors (Lipinski definition) is 4. The standard InChI is InChI=1S/C10H17N3O2S/c1-4-7-16(14,15)13(3)9-5-6-10(11-2)12-8-9/h5-6,8H,4,7H2,1-3H3,(H,11,12). The first kappa shape index (κ1) is 12.8. The summed E-state index contributed by atoms with van der Waals surface area (Å²) in [7, 11) is 0.0961. The van der Waals surface area contributed by atoms with Gasteiger partial charge in [-0.3, -0.25) is 4.31 Å². The van der Waals surface area contributed by atoms with Crippen LogP contribution in [0, 0.1) is 0 Å². The van der Waals surface area contributed by atoms with E-state index in [-0.39, 0.29) is 5.75 Å². The summed E-state index contributed by atoms with van der Waals surface area (Å²) in [6, 6.07) is 3.47. The van der Waals surface area contributed by atoms with E-state index in [0.717, 1.165) is 0 Å². The topological polar surface area (TPSA) is 62.3 Å². The van der Waals surface area contributed by atoms with Gasteiger partial charge in [-0.1, -0.05) is 6.92 Å². The van der Waals surface area contributed by atoms with Crippen LogP contribution in [0.3, 0.4) is 0 Å². The molecule has 1 aromatic heterocycles. The van der Waals surface area contributed by atoms with Crippen molar-refractivity contribution in [3.05, 3.63) is 18.3 Å². The quantitative estimate of drug-likeness (QED) is 0.846. The lowest BCUT2D eigenvalue weighted by atomic mass is 10.4. The molecule has 0 radical (unpaired) electrons. The zero-order chi connectivity index (χ0) is 12.2. The van der Waals surface area contributed by atoms with E-state index in [2.05, 4.69) is 10.3 Å². The predicted octanol–water partition coefficient (Wildman–Crippen LogP) is 1.30. The van der Waals surface area contributed by atoms with E-state index < -0.39 is 10.0 Å². The van der Waals surface area contributed by atoms with Crippen LogP contribution in [0.2, 0.25) is 0 Å². The summed E-state index contributed by atoms with van der Waals surface area (Å²) in [5.74, 6) is 0.863. The molecule has 0 aliphatic carbocycles. The van der Waals surface area contributed by atoms with Crippen molar-refractivity contribution in [3.8, 4) is 0 Å². The Hall–Kier alpha value is -1.30. The molecule has 0 aromatic carbocycles. The van der Waals surface area contributed by atoms with Crippen molar-refractivity contribution < 1.29 is 8.42 Å². The number of rotatable bonds is 5. The number of anilines is 2. The first-order valence-electron chi connectivity index (χ1n) is 5.11. The molecule has 0 aliphatic rings. The van der Waals surface area contributed by atoms with Crippen molar-refractivity contribution >= 4 is 21.5 Å². The second-order valence-corrected chi connectivity index (χ2v) is 5.55. The SMILES string of the molecule is CCCS(=O)(=O)N(C)c1ccc(NC)nc1. The molecule has 0 bridgehead atoms. The zero-order valence-corrected chi connectivity index (χ0v) is 10.6. The van der Waals surface area contributed by atoms with Crippen molar-refractivity contribution in [2.24, 2.45) is 0 Å². The third kappa shape index (κ3) is 2.85. The Balaban J connectivity index is 2.92. The minimum atomic E-state index is -3.21. The fourth-order valence-electron chi connectivity index (χ4n) is 1.28. The van der Waals surface area contributed by atoms with Gasteiger partial charge in [0.25, 0.3) is 0 Å². The molecule has 5 nitrogen and oxygen atoms in total. The lowest BCUT2D eigenvalue weighted by Crippen LogP contribution is -2.28. The molecule has 0 saturated carbocycles. The Bertz CT molecular complexity index is 428. The number of aromatic nitrogens is 1. The van der Waals surface area contributed by atoms with E-state index in [4.69, 9.17) is 0 Å². The smallest absolute Gasteiger partial charge is 0.234 e. The lowest BCUT2D eigenvalue weighted by molar-refractivity contribution is 0.593. The first-order valence-corrected chi connectivity index (χ1v) is 6.72. The molecule has 1 heterocycles. The molecule has 16 heavy (non-hydrogen) atoms. The van der Waals surface area contributed by atoms with Crippen molar-refractivity contribution in [2.45, 2.75) is 13.3 Å². The van der Waals surface area contributed by atoms with Gasteiger partial charge < -0.3 is 5.32 Å². The molecule has 0 amide bonds. The van der Waals surface area contributed by atoms with Gasteiger partial charge in [-0.05, 0) is 18.6 Å². The highest BCUT2D eigenvalue weighted by atomic mass is 32.2. The minimum Gasteiger partial charge on any atom is -0.373 e. The minimum absolute atomic E-state index is 0.150. The molecule has 1 aromatic rings.